The number of halogens is 1. The first-order valence-electron chi connectivity index (χ1n) is 7.41. The highest BCUT2D eigenvalue weighted by molar-refractivity contribution is 9.10. The van der Waals surface area contributed by atoms with Crippen LogP contribution in [0.25, 0.3) is 0 Å². The lowest BCUT2D eigenvalue weighted by Crippen LogP contribution is -2.31. The number of carboxylic acid groups (broad SMARTS) is 1. The van der Waals surface area contributed by atoms with E-state index >= 15 is 0 Å². The van der Waals surface area contributed by atoms with Crippen molar-refractivity contribution in [3.05, 3.63) is 69.7 Å². The van der Waals surface area contributed by atoms with Gasteiger partial charge in [-0.15, -0.1) is 0 Å². The van der Waals surface area contributed by atoms with Gasteiger partial charge in [0, 0.05) is 4.47 Å². The summed E-state index contributed by atoms with van der Waals surface area (Å²) in [6, 6.07) is 14.1. The van der Waals surface area contributed by atoms with Crippen LogP contribution < -0.4 is 5.32 Å². The fourth-order valence-electron chi connectivity index (χ4n) is 2.24. The second-order valence-electron chi connectivity index (χ2n) is 5.38. The number of rotatable bonds is 6. The van der Waals surface area contributed by atoms with Gasteiger partial charge in [-0.1, -0.05) is 58.4 Å². The minimum atomic E-state index is -1.00. The summed E-state index contributed by atoms with van der Waals surface area (Å²) in [7, 11) is 0. The maximum Gasteiger partial charge on any atom is 0.407 e. The quantitative estimate of drug-likeness (QED) is 0.773. The van der Waals surface area contributed by atoms with Crippen molar-refractivity contribution >= 4 is 28.0 Å². The number of amides is 1. The largest absolute Gasteiger partial charge is 0.481 e. The molecule has 0 aliphatic heterocycles. The fourth-order valence-corrected chi connectivity index (χ4v) is 3.00. The van der Waals surface area contributed by atoms with Crippen LogP contribution in [0.2, 0.25) is 0 Å². The highest BCUT2D eigenvalue weighted by Crippen LogP contribution is 2.27. The Bertz CT molecular complexity index is 718. The minimum absolute atomic E-state index is 0.127. The molecule has 2 N–H and O–H groups in total. The van der Waals surface area contributed by atoms with E-state index in [4.69, 9.17) is 9.84 Å². The van der Waals surface area contributed by atoms with Gasteiger partial charge in [-0.05, 0) is 29.7 Å². The molecule has 0 unspecified atom stereocenters. The summed E-state index contributed by atoms with van der Waals surface area (Å²) in [5.74, 6) is -1.00. The average molecular weight is 392 g/mol. The van der Waals surface area contributed by atoms with Crippen molar-refractivity contribution in [2.45, 2.75) is 26.0 Å². The zero-order chi connectivity index (χ0) is 17.5. The van der Waals surface area contributed by atoms with Crippen molar-refractivity contribution in [3.8, 4) is 0 Å². The van der Waals surface area contributed by atoms with Crippen molar-refractivity contribution < 1.29 is 19.4 Å². The molecule has 0 fully saturated rings. The van der Waals surface area contributed by atoms with E-state index in [1.807, 2.05) is 49.4 Å². The summed E-state index contributed by atoms with van der Waals surface area (Å²) in [6.07, 6.45) is -0.889. The molecular weight excluding hydrogens is 374 g/mol. The Morgan fingerprint density at radius 1 is 1.21 bits per heavy atom. The summed E-state index contributed by atoms with van der Waals surface area (Å²) >= 11 is 3.42. The standard InChI is InChI=1S/C18H18BrNO4/c1-12-7-8-14(15(19)9-12)16(10-17(21)22)20-18(23)24-11-13-5-3-2-4-6-13/h2-9,16H,10-11H2,1H3,(H,20,23)(H,21,22)/t16-/m1/s1. The molecule has 1 atom stereocenters. The van der Waals surface area contributed by atoms with Gasteiger partial charge in [0.15, 0.2) is 0 Å². The Morgan fingerprint density at radius 3 is 2.54 bits per heavy atom. The third kappa shape index (κ3) is 5.38. The van der Waals surface area contributed by atoms with Crippen LogP contribution in [0.15, 0.2) is 53.0 Å². The SMILES string of the molecule is Cc1ccc([C@@H](CC(=O)O)NC(=O)OCc2ccccc2)c(Br)c1. The number of hydrogen-bond donors (Lipinski definition) is 2. The molecule has 126 valence electrons. The Hall–Kier alpha value is -2.34. The minimum Gasteiger partial charge on any atom is -0.481 e. The van der Waals surface area contributed by atoms with Crippen molar-refractivity contribution in [3.63, 3.8) is 0 Å². The molecule has 2 rings (SSSR count). The molecular formula is C18H18BrNO4. The predicted octanol–water partition coefficient (Wildman–Crippen LogP) is 4.20. The summed E-state index contributed by atoms with van der Waals surface area (Å²) in [6.45, 7) is 2.06. The second kappa shape index (κ2) is 8.49. The van der Waals surface area contributed by atoms with Crippen LogP contribution in [0, 0.1) is 6.92 Å². The summed E-state index contributed by atoms with van der Waals surface area (Å²) < 4.78 is 5.91. The number of carbonyl (C=O) groups excluding carboxylic acids is 1. The highest BCUT2D eigenvalue weighted by atomic mass is 79.9. The van der Waals surface area contributed by atoms with Crippen LogP contribution in [-0.4, -0.2) is 17.2 Å². The smallest absolute Gasteiger partial charge is 0.407 e. The number of alkyl carbamates (subject to hydrolysis) is 1. The second-order valence-corrected chi connectivity index (χ2v) is 6.24. The Balaban J connectivity index is 2.05. The fraction of sp³-hybridized carbons (Fsp3) is 0.222. The number of carbonyl (C=O) groups is 2. The van der Waals surface area contributed by atoms with Crippen molar-refractivity contribution in [1.82, 2.24) is 5.32 Å². The number of aliphatic carboxylic acids is 1. The lowest BCUT2D eigenvalue weighted by atomic mass is 10.0. The highest BCUT2D eigenvalue weighted by Gasteiger charge is 2.21. The molecule has 0 aliphatic rings. The first kappa shape index (κ1) is 18.0. The molecule has 5 nitrogen and oxygen atoms in total. The zero-order valence-corrected chi connectivity index (χ0v) is 14.7. The first-order valence-corrected chi connectivity index (χ1v) is 8.20. The molecule has 0 heterocycles. The van der Waals surface area contributed by atoms with E-state index in [1.54, 1.807) is 6.07 Å². The normalized spacial score (nSPS) is 11.6. The molecule has 0 radical (unpaired) electrons. The molecule has 0 spiro atoms. The van der Waals surface area contributed by atoms with E-state index in [0.717, 1.165) is 15.6 Å². The van der Waals surface area contributed by atoms with E-state index in [0.29, 0.717) is 5.56 Å². The third-order valence-electron chi connectivity index (χ3n) is 3.41. The van der Waals surface area contributed by atoms with Gasteiger partial charge in [0.2, 0.25) is 0 Å². The van der Waals surface area contributed by atoms with Crippen molar-refractivity contribution in [2.75, 3.05) is 0 Å². The van der Waals surface area contributed by atoms with Crippen molar-refractivity contribution in [1.29, 1.82) is 0 Å². The van der Waals surface area contributed by atoms with Gasteiger partial charge in [-0.3, -0.25) is 4.79 Å². The molecule has 2 aromatic carbocycles. The van der Waals surface area contributed by atoms with E-state index in [-0.39, 0.29) is 13.0 Å². The van der Waals surface area contributed by atoms with Crippen LogP contribution in [0.4, 0.5) is 4.79 Å². The van der Waals surface area contributed by atoms with Gasteiger partial charge in [-0.2, -0.15) is 0 Å². The van der Waals surface area contributed by atoms with E-state index < -0.39 is 18.1 Å². The van der Waals surface area contributed by atoms with E-state index in [9.17, 15) is 9.59 Å². The van der Waals surface area contributed by atoms with Gasteiger partial charge >= 0.3 is 12.1 Å². The van der Waals surface area contributed by atoms with Gasteiger partial charge < -0.3 is 15.2 Å². The lowest BCUT2D eigenvalue weighted by Gasteiger charge is -2.19. The monoisotopic (exact) mass is 391 g/mol. The van der Waals surface area contributed by atoms with Crippen LogP contribution in [0.3, 0.4) is 0 Å². The molecule has 0 aliphatic carbocycles. The predicted molar refractivity (Wildman–Crippen MR) is 93.6 cm³/mol. The average Bonchev–Trinajstić information content (AvgIpc) is 2.53. The van der Waals surface area contributed by atoms with Crippen LogP contribution in [-0.2, 0) is 16.1 Å². The van der Waals surface area contributed by atoms with Gasteiger partial charge in [-0.25, -0.2) is 4.79 Å². The van der Waals surface area contributed by atoms with Crippen LogP contribution >= 0.6 is 15.9 Å². The van der Waals surface area contributed by atoms with Gasteiger partial charge in [0.25, 0.3) is 0 Å². The molecule has 0 saturated heterocycles. The van der Waals surface area contributed by atoms with Gasteiger partial charge in [0.1, 0.15) is 6.61 Å². The molecule has 0 saturated carbocycles. The number of hydrogen-bond acceptors (Lipinski definition) is 3. The van der Waals surface area contributed by atoms with E-state index in [1.165, 1.54) is 0 Å². The topological polar surface area (TPSA) is 75.6 Å². The maximum atomic E-state index is 12.0. The molecule has 2 aromatic rings. The van der Waals surface area contributed by atoms with Crippen molar-refractivity contribution in [2.24, 2.45) is 0 Å². The number of carboxylic acids is 1. The molecule has 0 aromatic heterocycles. The first-order chi connectivity index (χ1) is 11.5. The number of aryl methyl sites for hydroxylation is 1. The molecule has 0 bridgehead atoms. The summed E-state index contributed by atoms with van der Waals surface area (Å²) in [5.41, 5.74) is 2.59. The van der Waals surface area contributed by atoms with Crippen LogP contribution in [0.1, 0.15) is 29.2 Å². The zero-order valence-electron chi connectivity index (χ0n) is 13.2. The molecule has 6 heteroatoms. The Morgan fingerprint density at radius 2 is 1.92 bits per heavy atom. The molecule has 1 amide bonds. The number of nitrogens with one attached hydrogen (secondary N) is 1. The Kier molecular flexibility index (Phi) is 6.37. The summed E-state index contributed by atoms with van der Waals surface area (Å²) in [4.78, 5) is 23.1. The lowest BCUT2D eigenvalue weighted by molar-refractivity contribution is -0.137. The number of ether oxygens (including phenoxy) is 1. The number of benzene rings is 2. The maximum absolute atomic E-state index is 12.0. The third-order valence-corrected chi connectivity index (χ3v) is 4.10. The van der Waals surface area contributed by atoms with E-state index in [2.05, 4.69) is 21.2 Å². The summed E-state index contributed by atoms with van der Waals surface area (Å²) in [5, 5.41) is 11.7. The van der Waals surface area contributed by atoms with Gasteiger partial charge in [0.05, 0.1) is 12.5 Å². The van der Waals surface area contributed by atoms with Crippen LogP contribution in [0.5, 0.6) is 0 Å². The molecule has 24 heavy (non-hydrogen) atoms. The Labute approximate surface area is 148 Å².